The van der Waals surface area contributed by atoms with Gasteiger partial charge in [-0.2, -0.15) is 0 Å². The number of nitrogens with zero attached hydrogens (tertiary/aromatic N) is 1. The van der Waals surface area contributed by atoms with Crippen LogP contribution in [0.2, 0.25) is 0 Å². The van der Waals surface area contributed by atoms with Crippen LogP contribution in [0.15, 0.2) is 41.6 Å². The highest BCUT2D eigenvalue weighted by atomic mass is 32.2. The molecular weight excluding hydrogens is 291 g/mol. The number of benzene rings is 1. The van der Waals surface area contributed by atoms with Crippen molar-refractivity contribution in [2.75, 3.05) is 6.26 Å². The van der Waals surface area contributed by atoms with Crippen molar-refractivity contribution in [3.05, 3.63) is 59.0 Å². The quantitative estimate of drug-likeness (QED) is 0.833. The maximum atomic E-state index is 13.2. The summed E-state index contributed by atoms with van der Waals surface area (Å²) in [6.45, 7) is -0.107. The molecule has 4 nitrogen and oxygen atoms in total. The number of halogens is 1. The molecule has 0 saturated carbocycles. The van der Waals surface area contributed by atoms with Gasteiger partial charge in [-0.1, -0.05) is 6.07 Å². The van der Waals surface area contributed by atoms with Crippen LogP contribution in [0.3, 0.4) is 0 Å². The first-order valence-corrected chi connectivity index (χ1v) is 7.53. The molecule has 0 aliphatic rings. The first-order chi connectivity index (χ1) is 10.1. The average Bonchev–Trinajstić information content (AvgIpc) is 2.53. The number of carbonyl (C=O) groups is 1. The largest absolute Gasteiger partial charge is 0.392 e. The summed E-state index contributed by atoms with van der Waals surface area (Å²) in [4.78, 5) is 16.1. The van der Waals surface area contributed by atoms with E-state index in [1.54, 1.807) is 18.2 Å². The zero-order chi connectivity index (χ0) is 15.2. The molecule has 1 heterocycles. The Labute approximate surface area is 126 Å². The van der Waals surface area contributed by atoms with Gasteiger partial charge in [-0.15, -0.1) is 11.8 Å². The summed E-state index contributed by atoms with van der Waals surface area (Å²) in [7, 11) is 0. The number of aliphatic hydroxyl groups excluding tert-OH is 1. The van der Waals surface area contributed by atoms with E-state index in [0.29, 0.717) is 5.56 Å². The van der Waals surface area contributed by atoms with E-state index < -0.39 is 5.82 Å². The molecule has 0 atom stereocenters. The van der Waals surface area contributed by atoms with E-state index in [0.717, 1.165) is 10.6 Å². The predicted molar refractivity (Wildman–Crippen MR) is 79.5 cm³/mol. The van der Waals surface area contributed by atoms with Crippen molar-refractivity contribution in [3.63, 3.8) is 0 Å². The van der Waals surface area contributed by atoms with Crippen LogP contribution >= 0.6 is 11.8 Å². The molecule has 0 saturated heterocycles. The number of hydrogen-bond acceptors (Lipinski definition) is 4. The fourth-order valence-electron chi connectivity index (χ4n) is 1.78. The van der Waals surface area contributed by atoms with E-state index in [9.17, 15) is 9.18 Å². The molecule has 0 fully saturated rings. The molecule has 2 aromatic rings. The molecule has 2 rings (SSSR count). The van der Waals surface area contributed by atoms with Crippen molar-refractivity contribution in [2.45, 2.75) is 18.2 Å². The molecular formula is C15H15FN2O2S. The normalized spacial score (nSPS) is 10.4. The fourth-order valence-corrected chi connectivity index (χ4v) is 2.14. The Hall–Kier alpha value is -1.92. The first kappa shape index (κ1) is 15.5. The lowest BCUT2D eigenvalue weighted by atomic mass is 10.1. The monoisotopic (exact) mass is 306 g/mol. The van der Waals surface area contributed by atoms with Gasteiger partial charge in [0, 0.05) is 18.3 Å². The van der Waals surface area contributed by atoms with Crippen LogP contribution in [0.5, 0.6) is 0 Å². The maximum Gasteiger partial charge on any atom is 0.253 e. The van der Waals surface area contributed by atoms with E-state index in [2.05, 4.69) is 10.3 Å². The topological polar surface area (TPSA) is 62.2 Å². The highest BCUT2D eigenvalue weighted by Gasteiger charge is 2.07. The van der Waals surface area contributed by atoms with Crippen molar-refractivity contribution >= 4 is 17.7 Å². The third-order valence-electron chi connectivity index (χ3n) is 2.94. The third kappa shape index (κ3) is 4.03. The average molecular weight is 306 g/mol. The van der Waals surface area contributed by atoms with Crippen LogP contribution in [0, 0.1) is 5.82 Å². The van der Waals surface area contributed by atoms with Crippen LogP contribution in [-0.2, 0) is 13.2 Å². The van der Waals surface area contributed by atoms with Gasteiger partial charge < -0.3 is 10.4 Å². The summed E-state index contributed by atoms with van der Waals surface area (Å²) in [5.74, 6) is -0.700. The zero-order valence-electron chi connectivity index (χ0n) is 11.5. The van der Waals surface area contributed by atoms with Crippen molar-refractivity contribution in [2.24, 2.45) is 0 Å². The molecule has 21 heavy (non-hydrogen) atoms. The number of rotatable bonds is 5. The Balaban J connectivity index is 2.00. The van der Waals surface area contributed by atoms with Gasteiger partial charge in [0.05, 0.1) is 17.2 Å². The van der Waals surface area contributed by atoms with E-state index in [4.69, 9.17) is 5.11 Å². The van der Waals surface area contributed by atoms with Gasteiger partial charge in [0.2, 0.25) is 0 Å². The van der Waals surface area contributed by atoms with Crippen LogP contribution in [0.4, 0.5) is 4.39 Å². The molecule has 0 radical (unpaired) electrons. The van der Waals surface area contributed by atoms with Gasteiger partial charge in [-0.25, -0.2) is 9.37 Å². The highest BCUT2D eigenvalue weighted by Crippen LogP contribution is 2.12. The van der Waals surface area contributed by atoms with Gasteiger partial charge in [0.15, 0.2) is 0 Å². The summed E-state index contributed by atoms with van der Waals surface area (Å²) in [6, 6.07) is 7.87. The number of hydrogen-bond donors (Lipinski definition) is 2. The second kappa shape index (κ2) is 7.19. The van der Waals surface area contributed by atoms with E-state index in [1.165, 1.54) is 30.1 Å². The van der Waals surface area contributed by atoms with Crippen molar-refractivity contribution < 1.29 is 14.3 Å². The molecule has 0 aliphatic carbocycles. The van der Waals surface area contributed by atoms with Crippen LogP contribution in [0.25, 0.3) is 0 Å². The van der Waals surface area contributed by atoms with Crippen molar-refractivity contribution in [1.29, 1.82) is 0 Å². The summed E-state index contributed by atoms with van der Waals surface area (Å²) in [5.41, 5.74) is 1.41. The number of aromatic nitrogens is 1. The Morgan fingerprint density at radius 3 is 2.81 bits per heavy atom. The first-order valence-electron chi connectivity index (χ1n) is 6.30. The van der Waals surface area contributed by atoms with Gasteiger partial charge in [-0.3, -0.25) is 4.79 Å². The Bertz CT molecular complexity index is 632. The van der Waals surface area contributed by atoms with E-state index in [1.807, 2.05) is 6.26 Å². The second-order valence-corrected chi connectivity index (χ2v) is 5.18. The predicted octanol–water partition coefficient (Wildman–Crippen LogP) is 2.36. The summed E-state index contributed by atoms with van der Waals surface area (Å²) in [5, 5.41) is 12.6. The number of pyridine rings is 1. The highest BCUT2D eigenvalue weighted by molar-refractivity contribution is 7.98. The Kier molecular flexibility index (Phi) is 5.30. The van der Waals surface area contributed by atoms with Crippen molar-refractivity contribution in [1.82, 2.24) is 10.3 Å². The molecule has 0 bridgehead atoms. The number of aliphatic hydroxyl groups is 1. The molecule has 2 N–H and O–H groups in total. The van der Waals surface area contributed by atoms with Gasteiger partial charge in [0.25, 0.3) is 5.91 Å². The molecule has 0 spiro atoms. The van der Waals surface area contributed by atoms with Crippen molar-refractivity contribution in [3.8, 4) is 0 Å². The number of amides is 1. The zero-order valence-corrected chi connectivity index (χ0v) is 12.3. The fraction of sp³-hybridized carbons (Fsp3) is 0.200. The standard InChI is InChI=1S/C15H15FN2O2S/c1-21-14-5-3-11(8-17-14)15(20)18-7-10-2-4-13(16)12(6-10)9-19/h2-6,8,19H,7,9H2,1H3,(H,18,20). The van der Waals surface area contributed by atoms with Gasteiger partial charge in [0.1, 0.15) is 5.82 Å². The SMILES string of the molecule is CSc1ccc(C(=O)NCc2ccc(F)c(CO)c2)cn1. The molecule has 110 valence electrons. The Morgan fingerprint density at radius 2 is 2.19 bits per heavy atom. The molecule has 1 aromatic carbocycles. The summed E-state index contributed by atoms with van der Waals surface area (Å²) >= 11 is 1.50. The van der Waals surface area contributed by atoms with E-state index in [-0.39, 0.29) is 24.6 Å². The lowest BCUT2D eigenvalue weighted by Gasteiger charge is -2.07. The van der Waals surface area contributed by atoms with Crippen LogP contribution < -0.4 is 5.32 Å². The van der Waals surface area contributed by atoms with Crippen LogP contribution in [0.1, 0.15) is 21.5 Å². The molecule has 1 amide bonds. The second-order valence-electron chi connectivity index (χ2n) is 4.36. The van der Waals surface area contributed by atoms with E-state index >= 15 is 0 Å². The number of carbonyl (C=O) groups excluding carboxylic acids is 1. The number of thioether (sulfide) groups is 1. The molecule has 0 aliphatic heterocycles. The van der Waals surface area contributed by atoms with Gasteiger partial charge in [-0.05, 0) is 36.1 Å². The molecule has 1 aromatic heterocycles. The number of nitrogens with one attached hydrogen (secondary N) is 1. The lowest BCUT2D eigenvalue weighted by molar-refractivity contribution is 0.0950. The smallest absolute Gasteiger partial charge is 0.253 e. The summed E-state index contributed by atoms with van der Waals surface area (Å²) < 4.78 is 13.2. The molecule has 0 unspecified atom stereocenters. The lowest BCUT2D eigenvalue weighted by Crippen LogP contribution is -2.23. The van der Waals surface area contributed by atoms with Crippen LogP contribution in [-0.4, -0.2) is 22.3 Å². The Morgan fingerprint density at radius 1 is 1.38 bits per heavy atom. The molecule has 6 heteroatoms. The summed E-state index contributed by atoms with van der Waals surface area (Å²) in [6.07, 6.45) is 3.43. The van der Waals surface area contributed by atoms with Gasteiger partial charge >= 0.3 is 0 Å². The minimum atomic E-state index is -0.454. The minimum absolute atomic E-state index is 0.215. The third-order valence-corrected chi connectivity index (χ3v) is 3.60. The maximum absolute atomic E-state index is 13.2. The minimum Gasteiger partial charge on any atom is -0.392 e.